The average Bonchev–Trinajstić information content (AvgIpc) is 2.76. The molecule has 1 fully saturated rings. The van der Waals surface area contributed by atoms with Crippen molar-refractivity contribution in [3.05, 3.63) is 5.69 Å². The van der Waals surface area contributed by atoms with Gasteiger partial charge in [-0.25, -0.2) is 0 Å². The monoisotopic (exact) mass is 269 g/mol. The Morgan fingerprint density at radius 2 is 2.11 bits per heavy atom. The average molecular weight is 269 g/mol. The molecule has 1 aromatic heterocycles. The van der Waals surface area contributed by atoms with Crippen LogP contribution in [-0.4, -0.2) is 22.2 Å². The van der Waals surface area contributed by atoms with Crippen molar-refractivity contribution in [3.8, 4) is 0 Å². The molecule has 18 heavy (non-hydrogen) atoms. The van der Waals surface area contributed by atoms with Crippen molar-refractivity contribution in [3.63, 3.8) is 0 Å². The Morgan fingerprint density at radius 1 is 1.39 bits per heavy atom. The van der Waals surface area contributed by atoms with Crippen LogP contribution in [0.15, 0.2) is 0 Å². The van der Waals surface area contributed by atoms with E-state index in [1.165, 1.54) is 37.2 Å². The molecule has 0 radical (unpaired) electrons. The SMILES string of the molecule is CCNc1snnc1COC1CCC(C)(C)CC1. The predicted molar refractivity (Wildman–Crippen MR) is 74.9 cm³/mol. The zero-order chi connectivity index (χ0) is 13.0. The molecule has 0 bridgehead atoms. The molecule has 0 spiro atoms. The Hall–Kier alpha value is -0.680. The number of hydrogen-bond donors (Lipinski definition) is 1. The first-order valence-electron chi connectivity index (χ1n) is 6.77. The fraction of sp³-hybridized carbons (Fsp3) is 0.846. The van der Waals surface area contributed by atoms with E-state index >= 15 is 0 Å². The van der Waals surface area contributed by atoms with Crippen LogP contribution in [0.3, 0.4) is 0 Å². The first-order chi connectivity index (χ1) is 8.61. The van der Waals surface area contributed by atoms with E-state index in [-0.39, 0.29) is 0 Å². The number of hydrogen-bond acceptors (Lipinski definition) is 5. The summed E-state index contributed by atoms with van der Waals surface area (Å²) >= 11 is 1.41. The maximum atomic E-state index is 5.97. The van der Waals surface area contributed by atoms with Crippen LogP contribution in [-0.2, 0) is 11.3 Å². The van der Waals surface area contributed by atoms with Gasteiger partial charge in [0.25, 0.3) is 0 Å². The zero-order valence-electron chi connectivity index (χ0n) is 11.5. The first kappa shape index (κ1) is 13.7. The van der Waals surface area contributed by atoms with Crippen molar-refractivity contribution < 1.29 is 4.74 Å². The van der Waals surface area contributed by atoms with E-state index in [4.69, 9.17) is 4.74 Å². The normalized spacial score (nSPS) is 19.9. The largest absolute Gasteiger partial charge is 0.374 e. The second kappa shape index (κ2) is 5.97. The second-order valence-corrected chi connectivity index (χ2v) is 6.51. The third-order valence-corrected chi connectivity index (χ3v) is 4.36. The molecule has 1 aromatic rings. The molecule has 2 rings (SSSR count). The number of anilines is 1. The van der Waals surface area contributed by atoms with E-state index in [2.05, 4.69) is 35.7 Å². The number of nitrogens with one attached hydrogen (secondary N) is 1. The minimum Gasteiger partial charge on any atom is -0.374 e. The van der Waals surface area contributed by atoms with Crippen LogP contribution in [0.2, 0.25) is 0 Å². The van der Waals surface area contributed by atoms with Crippen LogP contribution < -0.4 is 5.32 Å². The second-order valence-electron chi connectivity index (χ2n) is 5.75. The van der Waals surface area contributed by atoms with Gasteiger partial charge >= 0.3 is 0 Å². The van der Waals surface area contributed by atoms with Gasteiger partial charge < -0.3 is 10.1 Å². The molecule has 102 valence electrons. The zero-order valence-corrected chi connectivity index (χ0v) is 12.3. The summed E-state index contributed by atoms with van der Waals surface area (Å²) in [6.45, 7) is 8.25. The van der Waals surface area contributed by atoms with Crippen molar-refractivity contribution in [1.82, 2.24) is 9.59 Å². The van der Waals surface area contributed by atoms with Gasteiger partial charge in [-0.2, -0.15) is 0 Å². The molecule has 1 saturated carbocycles. The van der Waals surface area contributed by atoms with Gasteiger partial charge in [0.2, 0.25) is 0 Å². The van der Waals surface area contributed by atoms with Gasteiger partial charge in [0.05, 0.1) is 12.7 Å². The number of aromatic nitrogens is 2. The first-order valence-corrected chi connectivity index (χ1v) is 7.55. The number of nitrogens with zero attached hydrogens (tertiary/aromatic N) is 2. The summed E-state index contributed by atoms with van der Waals surface area (Å²) in [6.07, 6.45) is 5.25. The third-order valence-electron chi connectivity index (χ3n) is 3.64. The summed E-state index contributed by atoms with van der Waals surface area (Å²) in [5.41, 5.74) is 1.45. The molecule has 1 N–H and O–H groups in total. The topological polar surface area (TPSA) is 47.0 Å². The molecule has 0 amide bonds. The van der Waals surface area contributed by atoms with Crippen LogP contribution >= 0.6 is 11.5 Å². The summed E-state index contributed by atoms with van der Waals surface area (Å²) < 4.78 is 9.95. The minimum atomic E-state index is 0.397. The minimum absolute atomic E-state index is 0.397. The van der Waals surface area contributed by atoms with E-state index in [1.54, 1.807) is 0 Å². The standard InChI is InChI=1S/C13H23N3OS/c1-4-14-12-11(15-16-18-12)9-17-10-5-7-13(2,3)8-6-10/h10,14H,4-9H2,1-3H3. The quantitative estimate of drug-likeness (QED) is 0.889. The lowest BCUT2D eigenvalue weighted by Gasteiger charge is -2.34. The molecule has 1 aliphatic rings. The van der Waals surface area contributed by atoms with Gasteiger partial charge in [0, 0.05) is 18.1 Å². The Labute approximate surface area is 113 Å². The predicted octanol–water partition coefficient (Wildman–Crippen LogP) is 3.46. The van der Waals surface area contributed by atoms with Crippen LogP contribution in [0.25, 0.3) is 0 Å². The summed E-state index contributed by atoms with van der Waals surface area (Å²) in [7, 11) is 0. The molecule has 0 saturated heterocycles. The highest BCUT2D eigenvalue weighted by molar-refractivity contribution is 7.10. The molecule has 4 nitrogen and oxygen atoms in total. The van der Waals surface area contributed by atoms with Gasteiger partial charge in [-0.05, 0) is 38.0 Å². The Kier molecular flexibility index (Phi) is 4.56. The van der Waals surface area contributed by atoms with Crippen LogP contribution in [0.5, 0.6) is 0 Å². The summed E-state index contributed by atoms with van der Waals surface area (Å²) in [6, 6.07) is 0. The Morgan fingerprint density at radius 3 is 2.78 bits per heavy atom. The summed E-state index contributed by atoms with van der Waals surface area (Å²) in [4.78, 5) is 0. The Balaban J connectivity index is 1.79. The van der Waals surface area contributed by atoms with E-state index in [0.717, 1.165) is 17.2 Å². The number of ether oxygens (including phenoxy) is 1. The molecule has 1 heterocycles. The van der Waals surface area contributed by atoms with Crippen LogP contribution in [0.1, 0.15) is 52.1 Å². The maximum Gasteiger partial charge on any atom is 0.135 e. The maximum absolute atomic E-state index is 5.97. The van der Waals surface area contributed by atoms with Crippen molar-refractivity contribution >= 4 is 16.5 Å². The van der Waals surface area contributed by atoms with E-state index in [9.17, 15) is 0 Å². The van der Waals surface area contributed by atoms with Crippen molar-refractivity contribution in [2.45, 2.75) is 59.2 Å². The smallest absolute Gasteiger partial charge is 0.135 e. The summed E-state index contributed by atoms with van der Waals surface area (Å²) in [5, 5.41) is 8.45. The van der Waals surface area contributed by atoms with E-state index in [0.29, 0.717) is 18.1 Å². The van der Waals surface area contributed by atoms with E-state index in [1.807, 2.05) is 0 Å². The van der Waals surface area contributed by atoms with Crippen molar-refractivity contribution in [2.75, 3.05) is 11.9 Å². The van der Waals surface area contributed by atoms with Gasteiger partial charge in [-0.15, -0.1) is 5.10 Å². The molecule has 0 aliphatic heterocycles. The van der Waals surface area contributed by atoms with Gasteiger partial charge in [0.1, 0.15) is 10.7 Å². The lowest BCUT2D eigenvalue weighted by molar-refractivity contribution is -0.00667. The molecule has 1 aliphatic carbocycles. The van der Waals surface area contributed by atoms with Crippen LogP contribution in [0, 0.1) is 5.41 Å². The molecular weight excluding hydrogens is 246 g/mol. The van der Waals surface area contributed by atoms with E-state index < -0.39 is 0 Å². The van der Waals surface area contributed by atoms with Gasteiger partial charge in [-0.1, -0.05) is 18.3 Å². The molecule has 0 atom stereocenters. The lowest BCUT2D eigenvalue weighted by Crippen LogP contribution is -2.26. The number of rotatable bonds is 5. The fourth-order valence-electron chi connectivity index (χ4n) is 2.33. The molecule has 0 aromatic carbocycles. The highest BCUT2D eigenvalue weighted by Crippen LogP contribution is 2.36. The van der Waals surface area contributed by atoms with Crippen molar-refractivity contribution in [2.24, 2.45) is 5.41 Å². The lowest BCUT2D eigenvalue weighted by atomic mass is 9.76. The summed E-state index contributed by atoms with van der Waals surface area (Å²) in [5.74, 6) is 0. The third kappa shape index (κ3) is 3.65. The van der Waals surface area contributed by atoms with Crippen molar-refractivity contribution in [1.29, 1.82) is 0 Å². The van der Waals surface area contributed by atoms with Gasteiger partial charge in [0.15, 0.2) is 0 Å². The molecule has 5 heteroatoms. The molecular formula is C13H23N3OS. The Bertz CT molecular complexity index is 368. The molecule has 0 unspecified atom stereocenters. The van der Waals surface area contributed by atoms with Crippen LogP contribution in [0.4, 0.5) is 5.00 Å². The van der Waals surface area contributed by atoms with Gasteiger partial charge in [-0.3, -0.25) is 0 Å². The fourth-order valence-corrected chi connectivity index (χ4v) is 2.97. The highest BCUT2D eigenvalue weighted by Gasteiger charge is 2.27. The highest BCUT2D eigenvalue weighted by atomic mass is 32.1.